The Bertz CT molecular complexity index is 827. The highest BCUT2D eigenvalue weighted by molar-refractivity contribution is 5.98. The Morgan fingerprint density at radius 2 is 1.82 bits per heavy atom. The summed E-state index contributed by atoms with van der Waals surface area (Å²) in [6.07, 6.45) is 3.79. The van der Waals surface area contributed by atoms with Crippen molar-refractivity contribution < 1.29 is 14.3 Å². The van der Waals surface area contributed by atoms with Gasteiger partial charge in [-0.15, -0.1) is 0 Å². The number of anilines is 2. The molecule has 2 amide bonds. The van der Waals surface area contributed by atoms with Gasteiger partial charge in [0.05, 0.1) is 6.54 Å². The lowest BCUT2D eigenvalue weighted by molar-refractivity contribution is -0.114. The van der Waals surface area contributed by atoms with Gasteiger partial charge in [-0.1, -0.05) is 18.7 Å². The van der Waals surface area contributed by atoms with Crippen molar-refractivity contribution in [2.45, 2.75) is 12.8 Å². The predicted molar refractivity (Wildman–Crippen MR) is 111 cm³/mol. The Morgan fingerprint density at radius 1 is 1.07 bits per heavy atom. The molecule has 6 nitrogen and oxygen atoms in total. The van der Waals surface area contributed by atoms with Crippen LogP contribution in [0.5, 0.6) is 5.75 Å². The van der Waals surface area contributed by atoms with Crippen molar-refractivity contribution >= 4 is 23.2 Å². The number of amides is 2. The van der Waals surface area contributed by atoms with Crippen molar-refractivity contribution in [2.75, 3.05) is 36.9 Å². The maximum Gasteiger partial charge on any atom is 0.253 e. The van der Waals surface area contributed by atoms with Gasteiger partial charge in [-0.25, -0.2) is 0 Å². The fraction of sp³-hybridized carbons (Fsp3) is 0.273. The standard InChI is InChI=1S/C22H25N3O3/c1-2-14-28-20-10-8-18(9-11-20)23-16-21(26)24-19-7-5-6-17(15-19)22(27)25-12-3-4-13-25/h2,5-11,15,23H,1,3-4,12-14,16H2,(H,24,26). The fourth-order valence-electron chi connectivity index (χ4n) is 3.04. The average molecular weight is 379 g/mol. The number of rotatable bonds is 8. The maximum atomic E-state index is 12.5. The van der Waals surface area contributed by atoms with Crippen LogP contribution in [0.1, 0.15) is 23.2 Å². The van der Waals surface area contributed by atoms with E-state index in [0.717, 1.165) is 37.4 Å². The monoisotopic (exact) mass is 379 g/mol. The minimum Gasteiger partial charge on any atom is -0.490 e. The van der Waals surface area contributed by atoms with E-state index in [9.17, 15) is 9.59 Å². The molecule has 3 rings (SSSR count). The molecule has 1 fully saturated rings. The summed E-state index contributed by atoms with van der Waals surface area (Å²) in [6.45, 7) is 5.79. The van der Waals surface area contributed by atoms with Gasteiger partial charge in [0.15, 0.2) is 0 Å². The zero-order valence-electron chi connectivity index (χ0n) is 15.8. The molecule has 1 saturated heterocycles. The van der Waals surface area contributed by atoms with E-state index in [1.807, 2.05) is 29.2 Å². The van der Waals surface area contributed by atoms with Crippen molar-refractivity contribution in [3.05, 3.63) is 66.7 Å². The fourth-order valence-corrected chi connectivity index (χ4v) is 3.04. The van der Waals surface area contributed by atoms with E-state index in [-0.39, 0.29) is 18.4 Å². The first-order valence-corrected chi connectivity index (χ1v) is 9.42. The number of likely N-dealkylation sites (tertiary alicyclic amines) is 1. The third-order valence-electron chi connectivity index (χ3n) is 4.46. The molecule has 0 spiro atoms. The van der Waals surface area contributed by atoms with E-state index in [0.29, 0.717) is 17.9 Å². The SMILES string of the molecule is C=CCOc1ccc(NCC(=O)Nc2cccc(C(=O)N3CCCC3)c2)cc1. The summed E-state index contributed by atoms with van der Waals surface area (Å²) in [5, 5.41) is 5.90. The predicted octanol–water partition coefficient (Wildman–Crippen LogP) is 3.54. The van der Waals surface area contributed by atoms with Gasteiger partial charge < -0.3 is 20.3 Å². The summed E-state index contributed by atoms with van der Waals surface area (Å²) >= 11 is 0. The minimum absolute atomic E-state index is 0.0190. The second-order valence-electron chi connectivity index (χ2n) is 6.61. The Balaban J connectivity index is 1.51. The lowest BCUT2D eigenvalue weighted by Gasteiger charge is -2.16. The molecule has 1 heterocycles. The van der Waals surface area contributed by atoms with Crippen molar-refractivity contribution in [3.63, 3.8) is 0 Å². The van der Waals surface area contributed by atoms with Crippen molar-refractivity contribution in [3.8, 4) is 5.75 Å². The summed E-state index contributed by atoms with van der Waals surface area (Å²) in [4.78, 5) is 26.6. The van der Waals surface area contributed by atoms with Crippen LogP contribution < -0.4 is 15.4 Å². The number of hydrogen-bond acceptors (Lipinski definition) is 4. The van der Waals surface area contributed by atoms with Gasteiger partial charge in [0.1, 0.15) is 12.4 Å². The molecule has 0 radical (unpaired) electrons. The quantitative estimate of drug-likeness (QED) is 0.689. The molecule has 0 aromatic heterocycles. The van der Waals surface area contributed by atoms with Crippen LogP contribution in [0.25, 0.3) is 0 Å². The lowest BCUT2D eigenvalue weighted by atomic mass is 10.1. The highest BCUT2D eigenvalue weighted by atomic mass is 16.5. The summed E-state index contributed by atoms with van der Waals surface area (Å²) in [5.41, 5.74) is 2.03. The first kappa shape index (κ1) is 19.5. The minimum atomic E-state index is -0.183. The zero-order valence-corrected chi connectivity index (χ0v) is 15.8. The first-order valence-electron chi connectivity index (χ1n) is 9.42. The first-order chi connectivity index (χ1) is 13.7. The summed E-state index contributed by atoms with van der Waals surface area (Å²) < 4.78 is 5.43. The molecule has 28 heavy (non-hydrogen) atoms. The number of ether oxygens (including phenoxy) is 1. The normalized spacial score (nSPS) is 13.1. The van der Waals surface area contributed by atoms with Gasteiger partial charge in [0.2, 0.25) is 5.91 Å². The van der Waals surface area contributed by atoms with E-state index in [1.54, 1.807) is 30.3 Å². The second-order valence-corrected chi connectivity index (χ2v) is 6.61. The van der Waals surface area contributed by atoms with E-state index in [4.69, 9.17) is 4.74 Å². The Labute approximate surface area is 165 Å². The highest BCUT2D eigenvalue weighted by Crippen LogP contribution is 2.17. The largest absolute Gasteiger partial charge is 0.490 e. The third-order valence-corrected chi connectivity index (χ3v) is 4.46. The third kappa shape index (κ3) is 5.36. The van der Waals surface area contributed by atoms with Crippen molar-refractivity contribution in [1.82, 2.24) is 4.90 Å². The molecule has 2 aromatic rings. The molecular weight excluding hydrogens is 354 g/mol. The zero-order chi connectivity index (χ0) is 19.8. The van der Waals surface area contributed by atoms with E-state index < -0.39 is 0 Å². The molecular formula is C22H25N3O3. The lowest BCUT2D eigenvalue weighted by Crippen LogP contribution is -2.27. The van der Waals surface area contributed by atoms with Crippen LogP contribution in [0, 0.1) is 0 Å². The van der Waals surface area contributed by atoms with Gasteiger partial charge in [0, 0.05) is 30.0 Å². The van der Waals surface area contributed by atoms with Crippen LogP contribution in [0.4, 0.5) is 11.4 Å². The van der Waals surface area contributed by atoms with Gasteiger partial charge in [-0.3, -0.25) is 9.59 Å². The highest BCUT2D eigenvalue weighted by Gasteiger charge is 2.19. The van der Waals surface area contributed by atoms with Crippen LogP contribution in [0.15, 0.2) is 61.2 Å². The molecule has 1 aliphatic heterocycles. The summed E-state index contributed by atoms with van der Waals surface area (Å²) in [6, 6.07) is 14.4. The van der Waals surface area contributed by atoms with Crippen LogP contribution in [0.3, 0.4) is 0 Å². The molecule has 0 saturated carbocycles. The molecule has 1 aliphatic rings. The van der Waals surface area contributed by atoms with Crippen molar-refractivity contribution in [1.29, 1.82) is 0 Å². The van der Waals surface area contributed by atoms with Crippen molar-refractivity contribution in [2.24, 2.45) is 0 Å². The average Bonchev–Trinajstić information content (AvgIpc) is 3.26. The van der Waals surface area contributed by atoms with Crippen LogP contribution >= 0.6 is 0 Å². The smallest absolute Gasteiger partial charge is 0.253 e. The van der Waals surface area contributed by atoms with E-state index in [1.165, 1.54) is 0 Å². The number of nitrogens with one attached hydrogen (secondary N) is 2. The summed E-state index contributed by atoms with van der Waals surface area (Å²) in [7, 11) is 0. The van der Waals surface area contributed by atoms with Gasteiger partial charge in [-0.05, 0) is 55.3 Å². The van der Waals surface area contributed by atoms with Crippen LogP contribution in [-0.4, -0.2) is 43.0 Å². The maximum absolute atomic E-state index is 12.5. The number of hydrogen-bond donors (Lipinski definition) is 2. The Hall–Kier alpha value is -3.28. The molecule has 146 valence electrons. The molecule has 0 unspecified atom stereocenters. The number of carbonyl (C=O) groups excluding carboxylic acids is 2. The molecule has 2 aromatic carbocycles. The van der Waals surface area contributed by atoms with Crippen LogP contribution in [0.2, 0.25) is 0 Å². The van der Waals surface area contributed by atoms with Crippen LogP contribution in [-0.2, 0) is 4.79 Å². The molecule has 6 heteroatoms. The molecule has 0 atom stereocenters. The topological polar surface area (TPSA) is 70.7 Å². The van der Waals surface area contributed by atoms with Gasteiger partial charge in [0.25, 0.3) is 5.91 Å². The van der Waals surface area contributed by atoms with Gasteiger partial charge >= 0.3 is 0 Å². The van der Waals surface area contributed by atoms with E-state index >= 15 is 0 Å². The number of carbonyl (C=O) groups is 2. The molecule has 0 aliphatic carbocycles. The second kappa shape index (κ2) is 9.60. The number of benzene rings is 2. The van der Waals surface area contributed by atoms with E-state index in [2.05, 4.69) is 17.2 Å². The Kier molecular flexibility index (Phi) is 6.68. The molecule has 2 N–H and O–H groups in total. The number of nitrogens with zero attached hydrogens (tertiary/aromatic N) is 1. The summed E-state index contributed by atoms with van der Waals surface area (Å²) in [5.74, 6) is 0.581. The molecule has 0 bridgehead atoms. The van der Waals surface area contributed by atoms with Gasteiger partial charge in [-0.2, -0.15) is 0 Å². The Morgan fingerprint density at radius 3 is 2.54 bits per heavy atom.